The first-order chi connectivity index (χ1) is 7.70. The van der Waals surface area contributed by atoms with Gasteiger partial charge in [-0.1, -0.05) is 6.42 Å². The Morgan fingerprint density at radius 3 is 3.12 bits per heavy atom. The van der Waals surface area contributed by atoms with Gasteiger partial charge >= 0.3 is 0 Å². The van der Waals surface area contributed by atoms with Crippen LogP contribution in [-0.4, -0.2) is 23.5 Å². The normalized spacial score (nSPS) is 24.6. The van der Waals surface area contributed by atoms with Crippen molar-refractivity contribution in [2.75, 3.05) is 6.54 Å². The number of carbonyl (C=O) groups excluding carboxylic acids is 1. The Morgan fingerprint density at radius 1 is 1.69 bits per heavy atom. The van der Waals surface area contributed by atoms with Gasteiger partial charge in [0.1, 0.15) is 5.69 Å². The third-order valence-electron chi connectivity index (χ3n) is 3.13. The van der Waals surface area contributed by atoms with Gasteiger partial charge in [0.15, 0.2) is 0 Å². The molecule has 4 nitrogen and oxygen atoms in total. The summed E-state index contributed by atoms with van der Waals surface area (Å²) in [6.45, 7) is 2.56. The largest absolute Gasteiger partial charge is 0.348 e. The van der Waals surface area contributed by atoms with Crippen molar-refractivity contribution in [3.8, 4) is 0 Å². The van der Waals surface area contributed by atoms with Gasteiger partial charge in [-0.05, 0) is 32.2 Å². The maximum atomic E-state index is 11.9. The van der Waals surface area contributed by atoms with Gasteiger partial charge in [0.05, 0.1) is 5.01 Å². The number of nitrogens with one attached hydrogen (secondary N) is 1. The zero-order chi connectivity index (χ0) is 11.5. The van der Waals surface area contributed by atoms with E-state index < -0.39 is 0 Å². The average molecular weight is 239 g/mol. The van der Waals surface area contributed by atoms with Crippen LogP contribution in [0.1, 0.15) is 34.8 Å². The summed E-state index contributed by atoms with van der Waals surface area (Å²) >= 11 is 1.50. The topological polar surface area (TPSA) is 68.0 Å². The van der Waals surface area contributed by atoms with Crippen molar-refractivity contribution in [2.45, 2.75) is 32.2 Å². The molecule has 2 atom stereocenters. The molecular formula is C11H17N3OS. The predicted molar refractivity (Wildman–Crippen MR) is 64.5 cm³/mol. The van der Waals surface area contributed by atoms with Crippen LogP contribution in [0.3, 0.4) is 0 Å². The summed E-state index contributed by atoms with van der Waals surface area (Å²) < 4.78 is 0. The third kappa shape index (κ3) is 2.41. The lowest BCUT2D eigenvalue weighted by atomic mass is 10.0. The molecular weight excluding hydrogens is 222 g/mol. The molecule has 88 valence electrons. The van der Waals surface area contributed by atoms with Crippen LogP contribution in [0.5, 0.6) is 0 Å². The van der Waals surface area contributed by atoms with Crippen LogP contribution in [0.15, 0.2) is 5.38 Å². The predicted octanol–water partition coefficient (Wildman–Crippen LogP) is 1.31. The number of nitrogens with two attached hydrogens (primary N) is 1. The van der Waals surface area contributed by atoms with Gasteiger partial charge in [-0.2, -0.15) is 0 Å². The summed E-state index contributed by atoms with van der Waals surface area (Å²) in [5.74, 6) is 0.374. The first-order valence-electron chi connectivity index (χ1n) is 5.63. The fraction of sp³-hybridized carbons (Fsp3) is 0.636. The maximum Gasteiger partial charge on any atom is 0.270 e. The van der Waals surface area contributed by atoms with Gasteiger partial charge < -0.3 is 11.1 Å². The van der Waals surface area contributed by atoms with E-state index in [9.17, 15) is 4.79 Å². The molecule has 1 fully saturated rings. The summed E-state index contributed by atoms with van der Waals surface area (Å²) in [7, 11) is 0. The second-order valence-corrected chi connectivity index (χ2v) is 5.32. The lowest BCUT2D eigenvalue weighted by Gasteiger charge is -2.18. The second kappa shape index (κ2) is 4.93. The lowest BCUT2D eigenvalue weighted by molar-refractivity contribution is 0.0924. The summed E-state index contributed by atoms with van der Waals surface area (Å²) in [5.41, 5.74) is 6.21. The molecule has 0 bridgehead atoms. The van der Waals surface area contributed by atoms with Gasteiger partial charge in [-0.15, -0.1) is 11.3 Å². The molecule has 16 heavy (non-hydrogen) atoms. The fourth-order valence-corrected chi connectivity index (χ4v) is 2.81. The highest BCUT2D eigenvalue weighted by molar-refractivity contribution is 7.09. The van der Waals surface area contributed by atoms with Crippen LogP contribution in [0.2, 0.25) is 0 Å². The molecule has 5 heteroatoms. The number of aryl methyl sites for hydroxylation is 1. The Labute approximate surface area is 99.3 Å². The van der Waals surface area contributed by atoms with Crippen molar-refractivity contribution in [1.82, 2.24) is 10.3 Å². The molecule has 1 aromatic rings. The van der Waals surface area contributed by atoms with Crippen molar-refractivity contribution >= 4 is 17.2 Å². The van der Waals surface area contributed by atoms with Crippen LogP contribution < -0.4 is 11.1 Å². The summed E-state index contributed by atoms with van der Waals surface area (Å²) in [6.07, 6.45) is 3.32. The maximum absolute atomic E-state index is 11.9. The number of rotatable bonds is 3. The first kappa shape index (κ1) is 11.5. The molecule has 3 N–H and O–H groups in total. The van der Waals surface area contributed by atoms with E-state index >= 15 is 0 Å². The van der Waals surface area contributed by atoms with Crippen LogP contribution >= 0.6 is 11.3 Å². The van der Waals surface area contributed by atoms with Crippen LogP contribution in [-0.2, 0) is 0 Å². The van der Waals surface area contributed by atoms with E-state index in [0.717, 1.165) is 24.3 Å². The monoisotopic (exact) mass is 239 g/mol. The number of thiazole rings is 1. The summed E-state index contributed by atoms with van der Waals surface area (Å²) in [5, 5.41) is 5.76. The SMILES string of the molecule is Cc1nc(C(=O)NC2CCCC2CN)cs1. The third-order valence-corrected chi connectivity index (χ3v) is 3.90. The first-order valence-corrected chi connectivity index (χ1v) is 6.51. The minimum atomic E-state index is -0.0605. The van der Waals surface area contributed by atoms with Gasteiger partial charge in [0.25, 0.3) is 5.91 Å². The minimum absolute atomic E-state index is 0.0605. The molecule has 1 heterocycles. The van der Waals surface area contributed by atoms with Gasteiger partial charge in [0.2, 0.25) is 0 Å². The number of amides is 1. The molecule has 0 aliphatic heterocycles. The number of hydrogen-bond acceptors (Lipinski definition) is 4. The van der Waals surface area contributed by atoms with Gasteiger partial charge in [-0.3, -0.25) is 4.79 Å². The van der Waals surface area contributed by atoms with Crippen molar-refractivity contribution in [3.63, 3.8) is 0 Å². The lowest BCUT2D eigenvalue weighted by Crippen LogP contribution is -2.40. The number of hydrogen-bond donors (Lipinski definition) is 2. The van der Waals surface area contributed by atoms with E-state index in [4.69, 9.17) is 5.73 Å². The Morgan fingerprint density at radius 2 is 2.50 bits per heavy atom. The number of nitrogens with zero attached hydrogens (tertiary/aromatic N) is 1. The summed E-state index contributed by atoms with van der Waals surface area (Å²) in [4.78, 5) is 16.0. The van der Waals surface area contributed by atoms with E-state index in [1.807, 2.05) is 6.92 Å². The molecule has 0 radical (unpaired) electrons. The molecule has 2 rings (SSSR count). The number of aromatic nitrogens is 1. The molecule has 0 aromatic carbocycles. The van der Waals surface area contributed by atoms with E-state index in [0.29, 0.717) is 18.2 Å². The highest BCUT2D eigenvalue weighted by Crippen LogP contribution is 2.24. The van der Waals surface area contributed by atoms with Crippen LogP contribution in [0.25, 0.3) is 0 Å². The summed E-state index contributed by atoms with van der Waals surface area (Å²) in [6, 6.07) is 0.236. The van der Waals surface area contributed by atoms with Crippen molar-refractivity contribution in [2.24, 2.45) is 11.7 Å². The van der Waals surface area contributed by atoms with Crippen molar-refractivity contribution in [1.29, 1.82) is 0 Å². The minimum Gasteiger partial charge on any atom is -0.348 e. The Kier molecular flexibility index (Phi) is 3.56. The Balaban J connectivity index is 1.97. The zero-order valence-electron chi connectivity index (χ0n) is 9.40. The Bertz CT molecular complexity index is 377. The second-order valence-electron chi connectivity index (χ2n) is 4.26. The highest BCUT2D eigenvalue weighted by Gasteiger charge is 2.27. The van der Waals surface area contributed by atoms with Gasteiger partial charge in [-0.25, -0.2) is 4.98 Å². The molecule has 1 saturated carbocycles. The molecule has 0 spiro atoms. The van der Waals surface area contributed by atoms with E-state index in [1.165, 1.54) is 11.3 Å². The quantitative estimate of drug-likeness (QED) is 0.835. The Hall–Kier alpha value is -0.940. The van der Waals surface area contributed by atoms with E-state index in [1.54, 1.807) is 5.38 Å². The molecule has 0 saturated heterocycles. The fourth-order valence-electron chi connectivity index (χ4n) is 2.22. The zero-order valence-corrected chi connectivity index (χ0v) is 10.2. The van der Waals surface area contributed by atoms with Crippen molar-refractivity contribution < 1.29 is 4.79 Å². The standard InChI is InChI=1S/C11H17N3OS/c1-7-13-10(6-16-7)11(15)14-9-4-2-3-8(9)5-12/h6,8-9H,2-5,12H2,1H3,(H,14,15). The molecule has 2 unspecified atom stereocenters. The molecule has 1 amide bonds. The number of carbonyl (C=O) groups is 1. The smallest absolute Gasteiger partial charge is 0.270 e. The molecule has 1 aliphatic carbocycles. The average Bonchev–Trinajstić information content (AvgIpc) is 2.86. The van der Waals surface area contributed by atoms with Gasteiger partial charge in [0, 0.05) is 11.4 Å². The van der Waals surface area contributed by atoms with Crippen molar-refractivity contribution in [3.05, 3.63) is 16.1 Å². The van der Waals surface area contributed by atoms with E-state index in [2.05, 4.69) is 10.3 Å². The van der Waals surface area contributed by atoms with Crippen LogP contribution in [0.4, 0.5) is 0 Å². The molecule has 1 aromatic heterocycles. The highest BCUT2D eigenvalue weighted by atomic mass is 32.1. The van der Waals surface area contributed by atoms with Crippen LogP contribution in [0, 0.1) is 12.8 Å². The van der Waals surface area contributed by atoms with E-state index in [-0.39, 0.29) is 11.9 Å². The molecule has 1 aliphatic rings.